The molecule has 1 aliphatic heterocycles. The topological polar surface area (TPSA) is 63.7 Å². The van der Waals surface area contributed by atoms with Gasteiger partial charge in [-0.1, -0.05) is 24.3 Å². The van der Waals surface area contributed by atoms with Gasteiger partial charge in [0, 0.05) is 24.2 Å². The van der Waals surface area contributed by atoms with E-state index in [0.717, 1.165) is 12.8 Å². The lowest BCUT2D eigenvalue weighted by atomic mass is 9.86. The first-order chi connectivity index (χ1) is 10.1. The summed E-state index contributed by atoms with van der Waals surface area (Å²) in [4.78, 5) is 39.2. The molecule has 0 saturated carbocycles. The molecule has 1 aromatic rings. The summed E-state index contributed by atoms with van der Waals surface area (Å²) in [5.41, 5.74) is 0.689. The van der Waals surface area contributed by atoms with E-state index < -0.39 is 11.8 Å². The molecule has 21 heavy (non-hydrogen) atoms. The number of likely N-dealkylation sites (tertiary alicyclic amines) is 1. The van der Waals surface area contributed by atoms with Crippen LogP contribution in [-0.4, -0.2) is 42.6 Å². The Labute approximate surface area is 122 Å². The number of fused-ring (bicyclic) bond motifs is 1. The van der Waals surface area contributed by atoms with Gasteiger partial charge in [-0.25, -0.2) is 4.79 Å². The standard InChI is InChI=1S/C16H15NO4/c1-21-16(20)12-13(17-8-4-5-9-17)15(19)11-7-3-2-6-10(11)14(12)18/h2-3,6-7H,4-5,8-9H2,1H3. The number of Topliss-reactive ketones (excluding diaryl/α,β-unsaturated/α-hetero) is 2. The highest BCUT2D eigenvalue weighted by Gasteiger charge is 2.39. The van der Waals surface area contributed by atoms with Gasteiger partial charge in [0.1, 0.15) is 11.3 Å². The Balaban J connectivity index is 2.20. The average molecular weight is 285 g/mol. The molecule has 3 rings (SSSR count). The first kappa shape index (κ1) is 13.5. The van der Waals surface area contributed by atoms with Crippen LogP contribution in [0, 0.1) is 0 Å². The van der Waals surface area contributed by atoms with Gasteiger partial charge in [-0.3, -0.25) is 9.59 Å². The molecular weight excluding hydrogens is 270 g/mol. The largest absolute Gasteiger partial charge is 0.465 e. The summed E-state index contributed by atoms with van der Waals surface area (Å²) < 4.78 is 4.72. The molecule has 0 bridgehead atoms. The maximum absolute atomic E-state index is 12.7. The number of allylic oxidation sites excluding steroid dienone is 1. The first-order valence-electron chi connectivity index (χ1n) is 6.91. The molecule has 0 radical (unpaired) electrons. The lowest BCUT2D eigenvalue weighted by Crippen LogP contribution is -2.35. The number of hydrogen-bond donors (Lipinski definition) is 0. The second kappa shape index (κ2) is 5.16. The van der Waals surface area contributed by atoms with E-state index >= 15 is 0 Å². The van der Waals surface area contributed by atoms with E-state index in [1.54, 1.807) is 24.3 Å². The molecule has 5 nitrogen and oxygen atoms in total. The molecule has 1 aromatic carbocycles. The normalized spacial score (nSPS) is 18.0. The third-order valence-corrected chi connectivity index (χ3v) is 3.91. The van der Waals surface area contributed by atoms with Crippen LogP contribution in [0.5, 0.6) is 0 Å². The van der Waals surface area contributed by atoms with Crippen LogP contribution in [0.15, 0.2) is 35.5 Å². The van der Waals surface area contributed by atoms with Crippen LogP contribution in [0.4, 0.5) is 0 Å². The number of esters is 1. The molecule has 1 saturated heterocycles. The number of hydrogen-bond acceptors (Lipinski definition) is 5. The van der Waals surface area contributed by atoms with Crippen molar-refractivity contribution in [2.75, 3.05) is 20.2 Å². The number of rotatable bonds is 2. The van der Waals surface area contributed by atoms with E-state index in [0.29, 0.717) is 18.7 Å². The molecule has 1 aliphatic carbocycles. The molecule has 2 aliphatic rings. The Bertz CT molecular complexity index is 669. The Kier molecular flexibility index (Phi) is 3.33. The number of ether oxygens (including phenoxy) is 1. The van der Waals surface area contributed by atoms with Crippen LogP contribution in [0.2, 0.25) is 0 Å². The Morgan fingerprint density at radius 3 is 2.19 bits per heavy atom. The Morgan fingerprint density at radius 2 is 1.62 bits per heavy atom. The van der Waals surface area contributed by atoms with Gasteiger partial charge in [0.2, 0.25) is 11.6 Å². The highest BCUT2D eigenvalue weighted by molar-refractivity contribution is 6.35. The van der Waals surface area contributed by atoms with Crippen LogP contribution < -0.4 is 0 Å². The second-order valence-electron chi connectivity index (χ2n) is 5.11. The van der Waals surface area contributed by atoms with Crippen molar-refractivity contribution in [2.24, 2.45) is 0 Å². The molecule has 0 N–H and O–H groups in total. The number of carbonyl (C=O) groups excluding carboxylic acids is 3. The molecule has 1 fully saturated rings. The van der Waals surface area contributed by atoms with Gasteiger partial charge in [0.15, 0.2) is 0 Å². The predicted octanol–water partition coefficient (Wildman–Crippen LogP) is 1.59. The van der Waals surface area contributed by atoms with Crippen LogP contribution in [-0.2, 0) is 9.53 Å². The van der Waals surface area contributed by atoms with Gasteiger partial charge in [-0.05, 0) is 12.8 Å². The van der Waals surface area contributed by atoms with Crippen molar-refractivity contribution in [3.05, 3.63) is 46.7 Å². The maximum Gasteiger partial charge on any atom is 0.344 e. The first-order valence-corrected chi connectivity index (χ1v) is 6.91. The third kappa shape index (κ3) is 2.05. The minimum atomic E-state index is -0.746. The number of ketones is 2. The van der Waals surface area contributed by atoms with E-state index in [1.807, 2.05) is 4.90 Å². The smallest absolute Gasteiger partial charge is 0.344 e. The number of carbonyl (C=O) groups is 3. The van der Waals surface area contributed by atoms with Crippen molar-refractivity contribution >= 4 is 17.5 Å². The molecular formula is C16H15NO4. The van der Waals surface area contributed by atoms with E-state index in [1.165, 1.54) is 7.11 Å². The quantitative estimate of drug-likeness (QED) is 0.610. The molecule has 1 heterocycles. The monoisotopic (exact) mass is 285 g/mol. The van der Waals surface area contributed by atoms with Crippen LogP contribution in [0.1, 0.15) is 33.6 Å². The summed E-state index contributed by atoms with van der Waals surface area (Å²) in [7, 11) is 1.22. The summed E-state index contributed by atoms with van der Waals surface area (Å²) >= 11 is 0. The number of nitrogens with zero attached hydrogens (tertiary/aromatic N) is 1. The van der Waals surface area contributed by atoms with Crippen LogP contribution in [0.25, 0.3) is 0 Å². The lowest BCUT2D eigenvalue weighted by Gasteiger charge is -2.26. The van der Waals surface area contributed by atoms with E-state index in [9.17, 15) is 14.4 Å². The lowest BCUT2D eigenvalue weighted by molar-refractivity contribution is -0.135. The van der Waals surface area contributed by atoms with Crippen molar-refractivity contribution in [1.29, 1.82) is 0 Å². The van der Waals surface area contributed by atoms with Gasteiger partial charge in [-0.15, -0.1) is 0 Å². The summed E-state index contributed by atoms with van der Waals surface area (Å²) in [6, 6.07) is 6.59. The average Bonchev–Trinajstić information content (AvgIpc) is 3.03. The van der Waals surface area contributed by atoms with Gasteiger partial charge in [-0.2, -0.15) is 0 Å². The van der Waals surface area contributed by atoms with E-state index in [-0.39, 0.29) is 22.6 Å². The molecule has 0 aromatic heterocycles. The minimum Gasteiger partial charge on any atom is -0.465 e. The molecule has 0 spiro atoms. The van der Waals surface area contributed by atoms with Gasteiger partial charge in [0.05, 0.1) is 7.11 Å². The van der Waals surface area contributed by atoms with Gasteiger partial charge in [0.25, 0.3) is 0 Å². The summed E-state index contributed by atoms with van der Waals surface area (Å²) in [5.74, 6) is -1.45. The van der Waals surface area contributed by atoms with Crippen molar-refractivity contribution in [3.63, 3.8) is 0 Å². The summed E-state index contributed by atoms with van der Waals surface area (Å²) in [6.07, 6.45) is 1.89. The molecule has 108 valence electrons. The summed E-state index contributed by atoms with van der Waals surface area (Å²) in [6.45, 7) is 1.36. The SMILES string of the molecule is COC(=O)C1=C(N2CCCC2)C(=O)c2ccccc2C1=O. The zero-order chi connectivity index (χ0) is 15.0. The van der Waals surface area contributed by atoms with Gasteiger partial charge >= 0.3 is 5.97 Å². The van der Waals surface area contributed by atoms with Crippen molar-refractivity contribution in [2.45, 2.75) is 12.8 Å². The minimum absolute atomic E-state index is 0.136. The highest BCUT2D eigenvalue weighted by Crippen LogP contribution is 2.30. The fourth-order valence-corrected chi connectivity index (χ4v) is 2.90. The van der Waals surface area contributed by atoms with E-state index in [4.69, 9.17) is 4.74 Å². The van der Waals surface area contributed by atoms with Crippen LogP contribution in [0.3, 0.4) is 0 Å². The summed E-state index contributed by atoms with van der Waals surface area (Å²) in [5, 5.41) is 0. The van der Waals surface area contributed by atoms with Gasteiger partial charge < -0.3 is 9.64 Å². The molecule has 0 unspecified atom stereocenters. The fourth-order valence-electron chi connectivity index (χ4n) is 2.90. The van der Waals surface area contributed by atoms with E-state index in [2.05, 4.69) is 0 Å². The van der Waals surface area contributed by atoms with Crippen molar-refractivity contribution in [1.82, 2.24) is 4.90 Å². The third-order valence-electron chi connectivity index (χ3n) is 3.91. The predicted molar refractivity (Wildman–Crippen MR) is 75.0 cm³/mol. The molecule has 5 heteroatoms. The molecule has 0 atom stereocenters. The Morgan fingerprint density at radius 1 is 1.05 bits per heavy atom. The zero-order valence-electron chi connectivity index (χ0n) is 11.7. The second-order valence-corrected chi connectivity index (χ2v) is 5.11. The van der Waals surface area contributed by atoms with Crippen molar-refractivity contribution < 1.29 is 19.1 Å². The maximum atomic E-state index is 12.7. The number of methoxy groups -OCH3 is 1. The Hall–Kier alpha value is -2.43. The van der Waals surface area contributed by atoms with Crippen molar-refractivity contribution in [3.8, 4) is 0 Å². The van der Waals surface area contributed by atoms with Crippen LogP contribution >= 0.6 is 0 Å². The molecule has 0 amide bonds. The zero-order valence-corrected chi connectivity index (χ0v) is 11.7. The highest BCUT2D eigenvalue weighted by atomic mass is 16.5. The number of benzene rings is 1. The fraction of sp³-hybridized carbons (Fsp3) is 0.312.